The summed E-state index contributed by atoms with van der Waals surface area (Å²) in [6.45, 7) is 9.75. The van der Waals surface area contributed by atoms with E-state index in [1.165, 1.54) is 4.90 Å². The molecule has 0 aliphatic rings. The number of methoxy groups -OCH3 is 2. The molecule has 0 atom stereocenters. The molecule has 0 aromatic heterocycles. The first-order valence-corrected chi connectivity index (χ1v) is 9.37. The third-order valence-electron chi connectivity index (χ3n) is 3.69. The molecule has 0 aliphatic carbocycles. The number of likely N-dealkylation sites (N-methyl/N-ethyl adjacent to an activating group) is 1. The van der Waals surface area contributed by atoms with Gasteiger partial charge in [-0.05, 0) is 39.8 Å². The molecular weight excluding hydrogens is 487 g/mol. The summed E-state index contributed by atoms with van der Waals surface area (Å²) in [7, 11) is 4.95. The summed E-state index contributed by atoms with van der Waals surface area (Å²) in [4.78, 5) is 18.1. The maximum absolute atomic E-state index is 12.0. The molecule has 1 amide bonds. The summed E-state index contributed by atoms with van der Waals surface area (Å²) in [5.74, 6) is 2.13. The molecule has 166 valence electrons. The van der Waals surface area contributed by atoms with Crippen LogP contribution >= 0.6 is 24.0 Å². The van der Waals surface area contributed by atoms with E-state index in [2.05, 4.69) is 15.6 Å². The monoisotopic (exact) mass is 522 g/mol. The van der Waals surface area contributed by atoms with Crippen LogP contribution in [0.25, 0.3) is 0 Å². The van der Waals surface area contributed by atoms with Crippen molar-refractivity contribution in [3.63, 3.8) is 0 Å². The second kappa shape index (κ2) is 13.3. The van der Waals surface area contributed by atoms with Crippen LogP contribution in [0.4, 0.5) is 4.79 Å². The number of benzene rings is 1. The molecule has 0 radical (unpaired) electrons. The molecule has 1 aromatic rings. The lowest BCUT2D eigenvalue weighted by molar-refractivity contribution is 0.0302. The lowest BCUT2D eigenvalue weighted by atomic mass is 10.2. The molecule has 1 aromatic carbocycles. The first kappa shape index (κ1) is 27.1. The number of halogens is 1. The van der Waals surface area contributed by atoms with Crippen molar-refractivity contribution in [2.75, 3.05) is 40.9 Å². The summed E-state index contributed by atoms with van der Waals surface area (Å²) < 4.78 is 16.0. The lowest BCUT2D eigenvalue weighted by Gasteiger charge is -2.25. The molecule has 0 saturated heterocycles. The number of amides is 1. The molecule has 29 heavy (non-hydrogen) atoms. The largest absolute Gasteiger partial charge is 0.497 e. The van der Waals surface area contributed by atoms with Gasteiger partial charge in [0.25, 0.3) is 0 Å². The predicted octanol–water partition coefficient (Wildman–Crippen LogP) is 3.24. The Morgan fingerprint density at radius 1 is 1.17 bits per heavy atom. The maximum Gasteiger partial charge on any atom is 0.410 e. The van der Waals surface area contributed by atoms with Gasteiger partial charge in [-0.3, -0.25) is 0 Å². The topological polar surface area (TPSA) is 84.4 Å². The van der Waals surface area contributed by atoms with E-state index in [9.17, 15) is 4.79 Å². The molecule has 0 heterocycles. The first-order valence-electron chi connectivity index (χ1n) is 9.37. The zero-order valence-electron chi connectivity index (χ0n) is 18.5. The number of carbonyl (C=O) groups excluding carboxylic acids is 1. The number of nitrogens with zero attached hydrogens (tertiary/aromatic N) is 2. The Bertz CT molecular complexity index is 662. The van der Waals surface area contributed by atoms with Crippen LogP contribution in [0.5, 0.6) is 11.5 Å². The number of ether oxygens (including phenoxy) is 3. The number of guanidine groups is 1. The minimum Gasteiger partial charge on any atom is -0.497 e. The van der Waals surface area contributed by atoms with Crippen molar-refractivity contribution in [3.05, 3.63) is 23.8 Å². The summed E-state index contributed by atoms with van der Waals surface area (Å²) in [6, 6.07) is 5.64. The van der Waals surface area contributed by atoms with E-state index in [0.29, 0.717) is 25.6 Å². The number of aliphatic imine (C=N–C) groups is 1. The van der Waals surface area contributed by atoms with E-state index < -0.39 is 5.60 Å². The molecule has 0 aliphatic heterocycles. The predicted molar refractivity (Wildman–Crippen MR) is 127 cm³/mol. The number of rotatable bonds is 8. The second-order valence-corrected chi connectivity index (χ2v) is 7.20. The SMILES string of the molecule is CCNC(=NCc1ccc(OC)cc1OC)NCCN(C)C(=O)OC(C)(C)C.I. The molecule has 8 nitrogen and oxygen atoms in total. The fourth-order valence-corrected chi connectivity index (χ4v) is 2.26. The average Bonchev–Trinajstić information content (AvgIpc) is 2.64. The highest BCUT2D eigenvalue weighted by Crippen LogP contribution is 2.25. The van der Waals surface area contributed by atoms with Crippen LogP contribution in [-0.2, 0) is 11.3 Å². The zero-order valence-corrected chi connectivity index (χ0v) is 20.8. The maximum atomic E-state index is 12.0. The van der Waals surface area contributed by atoms with Gasteiger partial charge in [0, 0.05) is 38.3 Å². The van der Waals surface area contributed by atoms with Crippen LogP contribution in [0.3, 0.4) is 0 Å². The normalized spacial score (nSPS) is 11.2. The fraction of sp³-hybridized carbons (Fsp3) is 0.600. The van der Waals surface area contributed by atoms with Gasteiger partial charge in [-0.15, -0.1) is 24.0 Å². The molecule has 0 unspecified atom stereocenters. The van der Waals surface area contributed by atoms with E-state index in [-0.39, 0.29) is 30.1 Å². The minimum absolute atomic E-state index is 0. The van der Waals surface area contributed by atoms with Crippen LogP contribution < -0.4 is 20.1 Å². The van der Waals surface area contributed by atoms with Gasteiger partial charge in [0.2, 0.25) is 0 Å². The Hall–Kier alpha value is -1.91. The smallest absolute Gasteiger partial charge is 0.410 e. The zero-order chi connectivity index (χ0) is 21.2. The molecule has 0 saturated carbocycles. The van der Waals surface area contributed by atoms with Crippen molar-refractivity contribution in [1.82, 2.24) is 15.5 Å². The third-order valence-corrected chi connectivity index (χ3v) is 3.69. The number of nitrogens with one attached hydrogen (secondary N) is 2. The van der Waals surface area contributed by atoms with Gasteiger partial charge >= 0.3 is 6.09 Å². The quantitative estimate of drug-likeness (QED) is 0.310. The van der Waals surface area contributed by atoms with Crippen molar-refractivity contribution in [3.8, 4) is 11.5 Å². The van der Waals surface area contributed by atoms with Gasteiger partial charge in [0.1, 0.15) is 17.1 Å². The van der Waals surface area contributed by atoms with Crippen LogP contribution in [0.2, 0.25) is 0 Å². The van der Waals surface area contributed by atoms with Gasteiger partial charge in [-0.1, -0.05) is 0 Å². The molecule has 1 rings (SSSR count). The molecular formula is C20H35IN4O4. The van der Waals surface area contributed by atoms with Gasteiger partial charge in [0.05, 0.1) is 20.8 Å². The van der Waals surface area contributed by atoms with E-state index in [4.69, 9.17) is 14.2 Å². The van der Waals surface area contributed by atoms with E-state index in [0.717, 1.165) is 23.6 Å². The molecule has 0 bridgehead atoms. The lowest BCUT2D eigenvalue weighted by Crippen LogP contribution is -2.43. The number of carbonyl (C=O) groups is 1. The van der Waals surface area contributed by atoms with Crippen molar-refractivity contribution in [1.29, 1.82) is 0 Å². The highest BCUT2D eigenvalue weighted by molar-refractivity contribution is 14.0. The standard InChI is InChI=1S/C20H34N4O4.HI/c1-8-21-18(22-11-12-24(5)19(25)28-20(2,3)4)23-14-15-9-10-16(26-6)13-17(15)27-7;/h9-10,13H,8,11-12,14H2,1-7H3,(H2,21,22,23);1H. The second-order valence-electron chi connectivity index (χ2n) is 7.20. The molecule has 0 spiro atoms. The van der Waals surface area contributed by atoms with Crippen LogP contribution in [0.1, 0.15) is 33.3 Å². The highest BCUT2D eigenvalue weighted by atomic mass is 127. The van der Waals surface area contributed by atoms with Gasteiger partial charge in [-0.25, -0.2) is 9.79 Å². The van der Waals surface area contributed by atoms with Crippen LogP contribution in [0, 0.1) is 0 Å². The third kappa shape index (κ3) is 10.4. The molecule has 0 fully saturated rings. The Morgan fingerprint density at radius 3 is 2.41 bits per heavy atom. The van der Waals surface area contributed by atoms with Crippen molar-refractivity contribution >= 4 is 36.0 Å². The van der Waals surface area contributed by atoms with Gasteiger partial charge in [-0.2, -0.15) is 0 Å². The van der Waals surface area contributed by atoms with Gasteiger partial charge in [0.15, 0.2) is 5.96 Å². The minimum atomic E-state index is -0.507. The Labute approximate surface area is 191 Å². The fourth-order valence-electron chi connectivity index (χ4n) is 2.26. The average molecular weight is 522 g/mol. The summed E-state index contributed by atoms with van der Waals surface area (Å²) in [6.07, 6.45) is -0.348. The summed E-state index contributed by atoms with van der Waals surface area (Å²) in [5.41, 5.74) is 0.443. The van der Waals surface area contributed by atoms with E-state index >= 15 is 0 Å². The van der Waals surface area contributed by atoms with Crippen molar-refractivity contribution < 1.29 is 19.0 Å². The van der Waals surface area contributed by atoms with Crippen molar-refractivity contribution in [2.45, 2.75) is 39.8 Å². The van der Waals surface area contributed by atoms with Crippen molar-refractivity contribution in [2.24, 2.45) is 4.99 Å². The highest BCUT2D eigenvalue weighted by Gasteiger charge is 2.19. The molecule has 2 N–H and O–H groups in total. The van der Waals surface area contributed by atoms with Crippen LogP contribution in [-0.4, -0.2) is 63.5 Å². The first-order chi connectivity index (χ1) is 13.2. The van der Waals surface area contributed by atoms with E-state index in [1.807, 2.05) is 45.9 Å². The molecule has 9 heteroatoms. The number of hydrogen-bond acceptors (Lipinski definition) is 5. The summed E-state index contributed by atoms with van der Waals surface area (Å²) >= 11 is 0. The summed E-state index contributed by atoms with van der Waals surface area (Å²) in [5, 5.41) is 6.42. The van der Waals surface area contributed by atoms with Crippen LogP contribution in [0.15, 0.2) is 23.2 Å². The number of hydrogen-bond donors (Lipinski definition) is 2. The Kier molecular flexibility index (Phi) is 12.5. The van der Waals surface area contributed by atoms with Gasteiger partial charge < -0.3 is 29.7 Å². The Morgan fingerprint density at radius 2 is 1.86 bits per heavy atom. The Balaban J connectivity index is 0.00000784. The van der Waals surface area contributed by atoms with E-state index in [1.54, 1.807) is 21.3 Å².